The Kier molecular flexibility index (Phi) is 8.69. The summed E-state index contributed by atoms with van der Waals surface area (Å²) in [6.45, 7) is 12.4. The molecule has 28 heavy (non-hydrogen) atoms. The van der Waals surface area contributed by atoms with Gasteiger partial charge >= 0.3 is 0 Å². The number of ether oxygens (including phenoxy) is 2. The molecule has 1 aromatic heterocycles. The van der Waals surface area contributed by atoms with Crippen LogP contribution in [-0.2, 0) is 23.1 Å². The van der Waals surface area contributed by atoms with Crippen LogP contribution in [0.15, 0.2) is 4.99 Å². The van der Waals surface area contributed by atoms with Crippen molar-refractivity contribution in [1.29, 1.82) is 0 Å². The van der Waals surface area contributed by atoms with Gasteiger partial charge in [-0.05, 0) is 31.6 Å². The average molecular weight is 395 g/mol. The molecule has 0 aromatic carbocycles. The van der Waals surface area contributed by atoms with Crippen LogP contribution < -0.4 is 10.6 Å². The zero-order valence-corrected chi connectivity index (χ0v) is 18.4. The highest BCUT2D eigenvalue weighted by Gasteiger charge is 2.35. The molecular weight excluding hydrogens is 356 g/mol. The molecule has 1 aliphatic rings. The molecule has 2 heterocycles. The van der Waals surface area contributed by atoms with Crippen molar-refractivity contribution in [3.63, 3.8) is 0 Å². The summed E-state index contributed by atoms with van der Waals surface area (Å²) < 4.78 is 13.2. The number of hydrogen-bond acceptors (Lipinski definition) is 5. The number of aryl methyl sites for hydroxylation is 1. The molecule has 0 aliphatic carbocycles. The van der Waals surface area contributed by atoms with E-state index in [1.807, 2.05) is 18.5 Å². The number of hydrogen-bond donors (Lipinski definition) is 2. The van der Waals surface area contributed by atoms with Gasteiger partial charge in [-0.15, -0.1) is 10.2 Å². The van der Waals surface area contributed by atoms with E-state index in [0.29, 0.717) is 12.5 Å². The third kappa shape index (κ3) is 6.74. The Balaban J connectivity index is 1.99. The number of aliphatic imine (C=N–C) groups is 1. The van der Waals surface area contributed by atoms with Gasteiger partial charge in [0.25, 0.3) is 0 Å². The Bertz CT molecular complexity index is 623. The largest absolute Gasteiger partial charge is 0.385 e. The number of rotatable bonds is 8. The third-order valence-corrected chi connectivity index (χ3v) is 5.21. The first kappa shape index (κ1) is 22.6. The van der Waals surface area contributed by atoms with E-state index in [0.717, 1.165) is 56.8 Å². The van der Waals surface area contributed by atoms with E-state index in [4.69, 9.17) is 14.5 Å². The third-order valence-electron chi connectivity index (χ3n) is 5.21. The summed E-state index contributed by atoms with van der Waals surface area (Å²) in [6.07, 6.45) is 3.47. The maximum atomic E-state index is 6.11. The minimum absolute atomic E-state index is 0.131. The van der Waals surface area contributed by atoms with Crippen LogP contribution in [0.3, 0.4) is 0 Å². The van der Waals surface area contributed by atoms with Crippen LogP contribution in [0, 0.1) is 18.3 Å². The fourth-order valence-corrected chi connectivity index (χ4v) is 3.57. The highest BCUT2D eigenvalue weighted by Crippen LogP contribution is 2.33. The number of methoxy groups -OCH3 is 1. The van der Waals surface area contributed by atoms with Crippen molar-refractivity contribution in [3.05, 3.63) is 11.6 Å². The SMILES string of the molecule is COCCCNC(=NCc1nnc(C)n1C)NCC1CCCOC1C(C)(C)C. The van der Waals surface area contributed by atoms with Gasteiger partial charge in [-0.1, -0.05) is 20.8 Å². The summed E-state index contributed by atoms with van der Waals surface area (Å²) in [5, 5.41) is 15.2. The molecule has 160 valence electrons. The van der Waals surface area contributed by atoms with Crippen LogP contribution in [0.2, 0.25) is 0 Å². The van der Waals surface area contributed by atoms with Gasteiger partial charge in [0.15, 0.2) is 11.8 Å². The Morgan fingerprint density at radius 3 is 2.75 bits per heavy atom. The second-order valence-electron chi connectivity index (χ2n) is 8.60. The van der Waals surface area contributed by atoms with Crippen LogP contribution in [0.5, 0.6) is 0 Å². The predicted octanol–water partition coefficient (Wildman–Crippen LogP) is 2.04. The Morgan fingerprint density at radius 2 is 2.11 bits per heavy atom. The lowest BCUT2D eigenvalue weighted by molar-refractivity contribution is -0.0835. The Labute approximate surface area is 169 Å². The van der Waals surface area contributed by atoms with E-state index in [1.165, 1.54) is 6.42 Å². The second-order valence-corrected chi connectivity index (χ2v) is 8.60. The molecule has 1 saturated heterocycles. The Hall–Kier alpha value is -1.67. The molecular formula is C20H38N6O2. The molecule has 8 heteroatoms. The fourth-order valence-electron chi connectivity index (χ4n) is 3.57. The summed E-state index contributed by atoms with van der Waals surface area (Å²) in [4.78, 5) is 4.73. The first-order chi connectivity index (χ1) is 13.3. The summed E-state index contributed by atoms with van der Waals surface area (Å²) in [7, 11) is 3.69. The van der Waals surface area contributed by atoms with Crippen LogP contribution >= 0.6 is 0 Å². The molecule has 0 radical (unpaired) electrons. The number of nitrogens with zero attached hydrogens (tertiary/aromatic N) is 4. The number of aromatic nitrogens is 3. The van der Waals surface area contributed by atoms with Gasteiger partial charge in [-0.25, -0.2) is 4.99 Å². The van der Waals surface area contributed by atoms with Crippen molar-refractivity contribution in [3.8, 4) is 0 Å². The van der Waals surface area contributed by atoms with Crippen molar-refractivity contribution < 1.29 is 9.47 Å². The van der Waals surface area contributed by atoms with E-state index in [-0.39, 0.29) is 11.5 Å². The molecule has 1 aromatic rings. The lowest BCUT2D eigenvalue weighted by Crippen LogP contribution is -2.47. The standard InChI is InChI=1S/C20H38N6O2/c1-15-24-25-17(26(15)5)14-23-19(21-10-8-11-27-6)22-13-16-9-7-12-28-18(16)20(2,3)4/h16,18H,7-14H2,1-6H3,(H2,21,22,23). The first-order valence-corrected chi connectivity index (χ1v) is 10.3. The molecule has 0 bridgehead atoms. The molecule has 0 amide bonds. The molecule has 0 saturated carbocycles. The topological polar surface area (TPSA) is 85.6 Å². The summed E-state index contributed by atoms with van der Waals surface area (Å²) in [6, 6.07) is 0. The normalized spacial score (nSPS) is 21.0. The lowest BCUT2D eigenvalue weighted by Gasteiger charge is -2.40. The average Bonchev–Trinajstić information content (AvgIpc) is 2.98. The van der Waals surface area contributed by atoms with Gasteiger partial charge in [0, 0.05) is 46.4 Å². The maximum absolute atomic E-state index is 6.11. The monoisotopic (exact) mass is 394 g/mol. The minimum Gasteiger partial charge on any atom is -0.385 e. The van der Waals surface area contributed by atoms with Crippen molar-refractivity contribution >= 4 is 5.96 Å². The quantitative estimate of drug-likeness (QED) is 0.399. The van der Waals surface area contributed by atoms with Crippen LogP contribution in [0.1, 0.15) is 51.7 Å². The highest BCUT2D eigenvalue weighted by atomic mass is 16.5. The molecule has 2 rings (SSSR count). The summed E-state index contributed by atoms with van der Waals surface area (Å²) >= 11 is 0. The van der Waals surface area contributed by atoms with Gasteiger partial charge in [-0.3, -0.25) is 0 Å². The van der Waals surface area contributed by atoms with E-state index in [1.54, 1.807) is 7.11 Å². The maximum Gasteiger partial charge on any atom is 0.191 e. The second kappa shape index (κ2) is 10.8. The first-order valence-electron chi connectivity index (χ1n) is 10.3. The molecule has 2 N–H and O–H groups in total. The smallest absolute Gasteiger partial charge is 0.191 e. The molecule has 1 aliphatic heterocycles. The minimum atomic E-state index is 0.131. The summed E-state index contributed by atoms with van der Waals surface area (Å²) in [5.41, 5.74) is 0.131. The van der Waals surface area contributed by atoms with Crippen LogP contribution in [0.25, 0.3) is 0 Å². The Morgan fingerprint density at radius 1 is 1.32 bits per heavy atom. The van der Waals surface area contributed by atoms with E-state index in [9.17, 15) is 0 Å². The van der Waals surface area contributed by atoms with Crippen molar-refractivity contribution in [2.45, 2.75) is 59.6 Å². The van der Waals surface area contributed by atoms with Crippen molar-refractivity contribution in [2.24, 2.45) is 23.4 Å². The molecule has 8 nitrogen and oxygen atoms in total. The predicted molar refractivity (Wildman–Crippen MR) is 111 cm³/mol. The fraction of sp³-hybridized carbons (Fsp3) is 0.850. The van der Waals surface area contributed by atoms with Gasteiger partial charge < -0.3 is 24.7 Å². The zero-order chi connectivity index (χ0) is 20.6. The lowest BCUT2D eigenvalue weighted by atomic mass is 9.78. The highest BCUT2D eigenvalue weighted by molar-refractivity contribution is 5.79. The molecule has 1 fully saturated rings. The molecule has 2 unspecified atom stereocenters. The molecule has 0 spiro atoms. The number of guanidine groups is 1. The van der Waals surface area contributed by atoms with Crippen LogP contribution in [-0.4, -0.2) is 60.2 Å². The van der Waals surface area contributed by atoms with E-state index in [2.05, 4.69) is 41.6 Å². The van der Waals surface area contributed by atoms with Gasteiger partial charge in [0.05, 0.1) is 6.10 Å². The van der Waals surface area contributed by atoms with Crippen LogP contribution in [0.4, 0.5) is 0 Å². The molecule has 2 atom stereocenters. The van der Waals surface area contributed by atoms with Gasteiger partial charge in [-0.2, -0.15) is 0 Å². The van der Waals surface area contributed by atoms with Gasteiger partial charge in [0.2, 0.25) is 0 Å². The number of nitrogens with one attached hydrogen (secondary N) is 2. The van der Waals surface area contributed by atoms with Crippen molar-refractivity contribution in [2.75, 3.05) is 33.4 Å². The van der Waals surface area contributed by atoms with E-state index >= 15 is 0 Å². The van der Waals surface area contributed by atoms with Gasteiger partial charge in [0.1, 0.15) is 12.4 Å². The van der Waals surface area contributed by atoms with Crippen molar-refractivity contribution in [1.82, 2.24) is 25.4 Å². The summed E-state index contributed by atoms with van der Waals surface area (Å²) in [5.74, 6) is 3.01. The van der Waals surface area contributed by atoms with E-state index < -0.39 is 0 Å². The zero-order valence-electron chi connectivity index (χ0n) is 18.4.